The summed E-state index contributed by atoms with van der Waals surface area (Å²) in [6.45, 7) is 2.97. The van der Waals surface area contributed by atoms with E-state index in [1.807, 2.05) is 47.0 Å². The zero-order valence-electron chi connectivity index (χ0n) is 18.6. The van der Waals surface area contributed by atoms with Crippen LogP contribution in [-0.4, -0.2) is 55.9 Å². The Morgan fingerprint density at radius 2 is 1.62 bits per heavy atom. The summed E-state index contributed by atoms with van der Waals surface area (Å²) in [5, 5.41) is 4.88. The van der Waals surface area contributed by atoms with Gasteiger partial charge in [0.25, 0.3) is 0 Å². The highest BCUT2D eigenvalue weighted by atomic mass is 16.5. The highest BCUT2D eigenvalue weighted by Gasteiger charge is 2.19. The third kappa shape index (κ3) is 4.11. The zero-order chi connectivity index (χ0) is 22.7. The van der Waals surface area contributed by atoms with E-state index in [1.165, 1.54) is 5.56 Å². The van der Waals surface area contributed by atoms with Crippen LogP contribution >= 0.6 is 0 Å². The minimum atomic E-state index is 0.673. The lowest BCUT2D eigenvalue weighted by Crippen LogP contribution is -2.37. The number of ether oxygens (including phenoxy) is 1. The van der Waals surface area contributed by atoms with Crippen molar-refractivity contribution < 1.29 is 4.74 Å². The van der Waals surface area contributed by atoms with Crippen LogP contribution in [0.1, 0.15) is 11.4 Å². The number of pyridine rings is 1. The summed E-state index contributed by atoms with van der Waals surface area (Å²) in [5.74, 6) is 1.75. The SMILES string of the molecule is c1ccc(Cc2nccc(-c3cc(N4CCOCC4)n4nc(-c5ccncc5)cc4n3)n2)cc1. The Kier molecular flexibility index (Phi) is 5.41. The quantitative estimate of drug-likeness (QED) is 0.405. The van der Waals surface area contributed by atoms with Crippen LogP contribution in [0, 0.1) is 0 Å². The lowest BCUT2D eigenvalue weighted by molar-refractivity contribution is 0.122. The van der Waals surface area contributed by atoms with Gasteiger partial charge in [-0.1, -0.05) is 30.3 Å². The minimum absolute atomic E-state index is 0.673. The summed E-state index contributed by atoms with van der Waals surface area (Å²) in [6.07, 6.45) is 6.03. The van der Waals surface area contributed by atoms with Gasteiger partial charge in [0.15, 0.2) is 5.65 Å². The molecule has 0 atom stereocenters. The fraction of sp³-hybridized carbons (Fsp3) is 0.192. The number of hydrogen-bond acceptors (Lipinski definition) is 7. The lowest BCUT2D eigenvalue weighted by atomic mass is 10.1. The van der Waals surface area contributed by atoms with E-state index in [1.54, 1.807) is 18.6 Å². The molecule has 0 N–H and O–H groups in total. The van der Waals surface area contributed by atoms with Crippen molar-refractivity contribution in [2.75, 3.05) is 31.2 Å². The molecule has 34 heavy (non-hydrogen) atoms. The van der Waals surface area contributed by atoms with Gasteiger partial charge in [-0.05, 0) is 23.8 Å². The molecule has 1 aliphatic rings. The summed E-state index contributed by atoms with van der Waals surface area (Å²) in [7, 11) is 0. The van der Waals surface area contributed by atoms with Crippen molar-refractivity contribution in [1.82, 2.24) is 29.5 Å². The van der Waals surface area contributed by atoms with Crippen LogP contribution in [0.2, 0.25) is 0 Å². The van der Waals surface area contributed by atoms with Crippen molar-refractivity contribution in [2.45, 2.75) is 6.42 Å². The van der Waals surface area contributed by atoms with Gasteiger partial charge in [-0.2, -0.15) is 9.61 Å². The smallest absolute Gasteiger partial charge is 0.158 e. The summed E-state index contributed by atoms with van der Waals surface area (Å²) in [4.78, 5) is 20.7. The molecule has 5 aromatic rings. The van der Waals surface area contributed by atoms with E-state index in [-0.39, 0.29) is 0 Å². The molecule has 0 spiro atoms. The molecule has 0 aliphatic carbocycles. The van der Waals surface area contributed by atoms with E-state index in [0.29, 0.717) is 19.6 Å². The average Bonchev–Trinajstić information content (AvgIpc) is 3.34. The van der Waals surface area contributed by atoms with E-state index >= 15 is 0 Å². The van der Waals surface area contributed by atoms with Crippen molar-refractivity contribution in [2.24, 2.45) is 0 Å². The largest absolute Gasteiger partial charge is 0.378 e. The lowest BCUT2D eigenvalue weighted by Gasteiger charge is -2.29. The monoisotopic (exact) mass is 449 g/mol. The normalized spacial score (nSPS) is 13.9. The highest BCUT2D eigenvalue weighted by molar-refractivity contribution is 5.69. The molecule has 168 valence electrons. The van der Waals surface area contributed by atoms with E-state index in [9.17, 15) is 0 Å². The van der Waals surface area contributed by atoms with Crippen molar-refractivity contribution in [1.29, 1.82) is 0 Å². The summed E-state index contributed by atoms with van der Waals surface area (Å²) < 4.78 is 7.49. The van der Waals surface area contributed by atoms with Crippen LogP contribution in [-0.2, 0) is 11.2 Å². The van der Waals surface area contributed by atoms with Gasteiger partial charge in [-0.3, -0.25) is 4.98 Å². The summed E-state index contributed by atoms with van der Waals surface area (Å²) in [5.41, 5.74) is 5.40. The number of fused-ring (bicyclic) bond motifs is 1. The molecule has 0 unspecified atom stereocenters. The molecule has 4 aromatic heterocycles. The molecule has 0 amide bonds. The summed E-state index contributed by atoms with van der Waals surface area (Å²) in [6, 6.07) is 20.1. The predicted molar refractivity (Wildman–Crippen MR) is 130 cm³/mol. The van der Waals surface area contributed by atoms with Crippen LogP contribution in [0.3, 0.4) is 0 Å². The number of benzene rings is 1. The Morgan fingerprint density at radius 3 is 2.44 bits per heavy atom. The topological polar surface area (TPSA) is 81.3 Å². The highest BCUT2D eigenvalue weighted by Crippen LogP contribution is 2.27. The fourth-order valence-electron chi connectivity index (χ4n) is 4.18. The Labute approximate surface area is 196 Å². The van der Waals surface area contributed by atoms with Crippen LogP contribution in [0.25, 0.3) is 28.3 Å². The first-order valence-electron chi connectivity index (χ1n) is 11.3. The van der Waals surface area contributed by atoms with Gasteiger partial charge in [0.05, 0.1) is 30.3 Å². The molecular weight excluding hydrogens is 426 g/mol. The van der Waals surface area contributed by atoms with E-state index in [4.69, 9.17) is 19.8 Å². The summed E-state index contributed by atoms with van der Waals surface area (Å²) >= 11 is 0. The second-order valence-corrected chi connectivity index (χ2v) is 8.15. The van der Waals surface area contributed by atoms with Crippen LogP contribution in [0.5, 0.6) is 0 Å². The van der Waals surface area contributed by atoms with Gasteiger partial charge in [-0.25, -0.2) is 15.0 Å². The standard InChI is InChI=1S/C26H23N7O/c1-2-4-19(5-3-1)16-24-28-11-8-21(29-24)23-18-26(32-12-14-34-15-13-32)33-25(30-23)17-22(31-33)20-6-9-27-10-7-20/h1-11,17-18H,12-16H2. The number of hydrogen-bond donors (Lipinski definition) is 0. The number of aromatic nitrogens is 6. The van der Waals surface area contributed by atoms with Crippen LogP contribution in [0.15, 0.2) is 79.3 Å². The van der Waals surface area contributed by atoms with Gasteiger partial charge in [0.2, 0.25) is 0 Å². The molecule has 1 aliphatic heterocycles. The first-order valence-corrected chi connectivity index (χ1v) is 11.3. The fourth-order valence-corrected chi connectivity index (χ4v) is 4.18. The minimum Gasteiger partial charge on any atom is -0.378 e. The van der Waals surface area contributed by atoms with Crippen LogP contribution in [0.4, 0.5) is 5.82 Å². The molecule has 8 heteroatoms. The maximum absolute atomic E-state index is 5.58. The van der Waals surface area contributed by atoms with Gasteiger partial charge in [0.1, 0.15) is 11.6 Å². The maximum atomic E-state index is 5.58. The molecule has 1 aromatic carbocycles. The number of nitrogens with zero attached hydrogens (tertiary/aromatic N) is 7. The Balaban J connectivity index is 1.44. The molecule has 0 bridgehead atoms. The zero-order valence-corrected chi connectivity index (χ0v) is 18.6. The second-order valence-electron chi connectivity index (χ2n) is 8.15. The van der Waals surface area contributed by atoms with Crippen molar-refractivity contribution in [3.8, 4) is 22.6 Å². The molecule has 1 saturated heterocycles. The third-order valence-electron chi connectivity index (χ3n) is 5.89. The van der Waals surface area contributed by atoms with E-state index in [2.05, 4.69) is 33.1 Å². The average molecular weight is 450 g/mol. The Morgan fingerprint density at radius 1 is 0.794 bits per heavy atom. The molecule has 1 fully saturated rings. The molecule has 8 nitrogen and oxygen atoms in total. The van der Waals surface area contributed by atoms with Gasteiger partial charge in [-0.15, -0.1) is 0 Å². The first-order chi connectivity index (χ1) is 16.8. The molecule has 6 rings (SSSR count). The number of rotatable bonds is 5. The molecule has 0 saturated carbocycles. The molecule has 0 radical (unpaired) electrons. The van der Waals surface area contributed by atoms with E-state index < -0.39 is 0 Å². The third-order valence-corrected chi connectivity index (χ3v) is 5.89. The predicted octanol–water partition coefficient (Wildman–Crippen LogP) is 3.68. The van der Waals surface area contributed by atoms with Gasteiger partial charge >= 0.3 is 0 Å². The molecular formula is C26H23N7O. The number of morpholine rings is 1. The van der Waals surface area contributed by atoms with Gasteiger partial charge in [0, 0.05) is 55.8 Å². The first kappa shape index (κ1) is 20.4. The maximum Gasteiger partial charge on any atom is 0.158 e. The van der Waals surface area contributed by atoms with E-state index in [0.717, 1.165) is 53.0 Å². The second kappa shape index (κ2) is 8.99. The Bertz CT molecular complexity index is 1410. The van der Waals surface area contributed by atoms with Crippen molar-refractivity contribution >= 4 is 11.5 Å². The van der Waals surface area contributed by atoms with Crippen molar-refractivity contribution in [3.63, 3.8) is 0 Å². The molecule has 5 heterocycles. The number of anilines is 1. The van der Waals surface area contributed by atoms with Crippen molar-refractivity contribution in [3.05, 3.63) is 90.6 Å². The Hall–Kier alpha value is -4.17. The van der Waals surface area contributed by atoms with Gasteiger partial charge < -0.3 is 9.64 Å². The van der Waals surface area contributed by atoms with Crippen LogP contribution < -0.4 is 4.90 Å².